The second-order valence-electron chi connectivity index (χ2n) is 4.28. The molecule has 22 heavy (non-hydrogen) atoms. The Morgan fingerprint density at radius 2 is 2.14 bits per heavy atom. The van der Waals surface area contributed by atoms with E-state index >= 15 is 0 Å². The number of hydrogen-bond donors (Lipinski definition) is 1. The van der Waals surface area contributed by atoms with Gasteiger partial charge in [0.25, 0.3) is 0 Å². The molecule has 1 aromatic heterocycles. The molecule has 8 heteroatoms. The van der Waals surface area contributed by atoms with Gasteiger partial charge in [0.15, 0.2) is 0 Å². The number of nitrogens with one attached hydrogen (secondary N) is 1. The number of halogens is 1. The first-order valence-corrected chi connectivity index (χ1v) is 9.59. The average Bonchev–Trinajstić information content (AvgIpc) is 2.98. The van der Waals surface area contributed by atoms with Crippen molar-refractivity contribution in [3.05, 3.63) is 47.3 Å². The van der Waals surface area contributed by atoms with E-state index in [9.17, 15) is 9.70 Å². The van der Waals surface area contributed by atoms with Gasteiger partial charge in [0.1, 0.15) is 0 Å². The average molecular weight is 417 g/mol. The van der Waals surface area contributed by atoms with Crippen molar-refractivity contribution >= 4 is 11.8 Å². The predicted octanol–water partition coefficient (Wildman–Crippen LogP) is -1.13. The molecule has 2 rings (SSSR count). The van der Waals surface area contributed by atoms with Crippen LogP contribution in [0.5, 0.6) is 5.75 Å². The van der Waals surface area contributed by atoms with Crippen molar-refractivity contribution in [1.82, 2.24) is 4.98 Å². The summed E-state index contributed by atoms with van der Waals surface area (Å²) in [6.45, 7) is 2.03. The summed E-state index contributed by atoms with van der Waals surface area (Å²) in [6, 6.07) is 6.57. The van der Waals surface area contributed by atoms with Gasteiger partial charge in [-0.1, -0.05) is 0 Å². The molecule has 1 atom stereocenters. The van der Waals surface area contributed by atoms with Crippen LogP contribution >= 0.6 is 0 Å². The summed E-state index contributed by atoms with van der Waals surface area (Å²) in [4.78, 5) is 27.5. The van der Waals surface area contributed by atoms with E-state index in [1.807, 2.05) is 29.2 Å². The molecule has 0 aliphatic carbocycles. The van der Waals surface area contributed by atoms with Gasteiger partial charge in [-0.25, -0.2) is 0 Å². The van der Waals surface area contributed by atoms with Gasteiger partial charge in [-0.2, -0.15) is 0 Å². The van der Waals surface area contributed by atoms with E-state index in [0.717, 1.165) is 11.3 Å². The third kappa shape index (κ3) is 3.81. The Labute approximate surface area is 138 Å². The van der Waals surface area contributed by atoms with Crippen molar-refractivity contribution in [2.75, 3.05) is 11.5 Å². The van der Waals surface area contributed by atoms with Gasteiger partial charge < -0.3 is 0 Å². The molecule has 2 aromatic rings. The number of benzene rings is 1. The van der Waals surface area contributed by atoms with Crippen molar-refractivity contribution in [3.63, 3.8) is 0 Å². The minimum absolute atomic E-state index is 0.144. The predicted molar refractivity (Wildman–Crippen MR) is 74.2 cm³/mol. The van der Waals surface area contributed by atoms with Crippen LogP contribution in [0.15, 0.2) is 42.0 Å². The summed E-state index contributed by atoms with van der Waals surface area (Å²) in [6.07, 6.45) is 2.98. The fourth-order valence-corrected chi connectivity index (χ4v) is 2.80. The summed E-state index contributed by atoms with van der Waals surface area (Å²) in [7, 11) is 0. The van der Waals surface area contributed by atoms with Crippen LogP contribution < -0.4 is 29.3 Å². The third-order valence-electron chi connectivity index (χ3n) is 2.90. The van der Waals surface area contributed by atoms with Crippen LogP contribution in [0.4, 0.5) is 5.82 Å². The summed E-state index contributed by atoms with van der Waals surface area (Å²) in [5.41, 5.74) is 0.738. The molecule has 0 amide bonds. The number of hydrogen-bond acceptors (Lipinski definition) is 5. The maximum atomic E-state index is 12.3. The number of nitroso groups, excluding NO2 is 1. The number of imidazole rings is 1. The SMILES string of the molecule is CCOC(=O)C(c1ccc(O[I-]C)cc1)[n+]1c[nH]c(N=O)c1. The summed E-state index contributed by atoms with van der Waals surface area (Å²) >= 11 is -0.308. The summed E-state index contributed by atoms with van der Waals surface area (Å²) in [5.74, 6) is 0.515. The van der Waals surface area contributed by atoms with Gasteiger partial charge in [-0.3, -0.25) is 0 Å². The van der Waals surface area contributed by atoms with E-state index in [1.165, 1.54) is 12.5 Å². The van der Waals surface area contributed by atoms with Crippen LogP contribution in [0.3, 0.4) is 0 Å². The maximum absolute atomic E-state index is 12.3. The molecule has 1 aromatic carbocycles. The van der Waals surface area contributed by atoms with Crippen molar-refractivity contribution in [1.29, 1.82) is 0 Å². The van der Waals surface area contributed by atoms with Gasteiger partial charge in [0.05, 0.1) is 0 Å². The number of aromatic amines is 1. The summed E-state index contributed by atoms with van der Waals surface area (Å²) < 4.78 is 12.2. The zero-order chi connectivity index (χ0) is 15.9. The van der Waals surface area contributed by atoms with Crippen LogP contribution in [0.25, 0.3) is 0 Å². The van der Waals surface area contributed by atoms with Gasteiger partial charge in [0.2, 0.25) is 0 Å². The minimum atomic E-state index is -0.683. The molecule has 118 valence electrons. The molecule has 0 spiro atoms. The van der Waals surface area contributed by atoms with Crippen LogP contribution in [0.1, 0.15) is 18.5 Å². The molecule has 7 nitrogen and oxygen atoms in total. The van der Waals surface area contributed by atoms with E-state index in [-0.39, 0.29) is 34.0 Å². The molecule has 1 unspecified atom stereocenters. The molecule has 1 heterocycles. The number of carbonyl (C=O) groups is 1. The van der Waals surface area contributed by atoms with Crippen LogP contribution in [0, 0.1) is 4.91 Å². The van der Waals surface area contributed by atoms with Gasteiger partial charge >= 0.3 is 138 Å². The van der Waals surface area contributed by atoms with Crippen molar-refractivity contribution in [3.8, 4) is 5.75 Å². The molecule has 0 bridgehead atoms. The zero-order valence-corrected chi connectivity index (χ0v) is 14.3. The zero-order valence-electron chi connectivity index (χ0n) is 12.2. The Morgan fingerprint density at radius 3 is 2.68 bits per heavy atom. The van der Waals surface area contributed by atoms with E-state index in [1.54, 1.807) is 11.5 Å². The molecule has 0 fully saturated rings. The van der Waals surface area contributed by atoms with Crippen molar-refractivity contribution < 1.29 is 38.8 Å². The van der Waals surface area contributed by atoms with Crippen LogP contribution in [-0.2, 0) is 9.53 Å². The van der Waals surface area contributed by atoms with Crippen LogP contribution in [0.2, 0.25) is 0 Å². The molecule has 0 aliphatic heterocycles. The van der Waals surface area contributed by atoms with Gasteiger partial charge in [-0.15, -0.1) is 0 Å². The Hall–Kier alpha value is -1.97. The molecule has 1 N–H and O–H groups in total. The first kappa shape index (κ1) is 16.4. The number of ether oxygens (including phenoxy) is 1. The van der Waals surface area contributed by atoms with Crippen molar-refractivity contribution in [2.24, 2.45) is 5.18 Å². The molecule has 0 saturated heterocycles. The molecule has 0 radical (unpaired) electrons. The fourth-order valence-electron chi connectivity index (χ4n) is 2.00. The molecule has 0 saturated carbocycles. The number of alkyl halides is 1. The number of aromatic nitrogens is 2. The second-order valence-corrected chi connectivity index (χ2v) is 5.60. The first-order valence-electron chi connectivity index (χ1n) is 6.55. The number of H-pyrrole nitrogens is 1. The Bertz CT molecular complexity index is 642. The molecular formula is C14H16IN3O4. The van der Waals surface area contributed by atoms with E-state index in [2.05, 4.69) is 10.2 Å². The van der Waals surface area contributed by atoms with Crippen molar-refractivity contribution in [2.45, 2.75) is 13.0 Å². The normalized spacial score (nSPS) is 11.9. The number of esters is 1. The second kappa shape index (κ2) is 7.87. The Morgan fingerprint density at radius 1 is 1.41 bits per heavy atom. The monoisotopic (exact) mass is 417 g/mol. The van der Waals surface area contributed by atoms with Gasteiger partial charge in [0, 0.05) is 0 Å². The van der Waals surface area contributed by atoms with E-state index in [0.29, 0.717) is 0 Å². The topological polar surface area (TPSA) is 84.6 Å². The number of carbonyl (C=O) groups excluding carboxylic acids is 1. The molecule has 0 aliphatic rings. The quantitative estimate of drug-likeness (QED) is 0.203. The van der Waals surface area contributed by atoms with Gasteiger partial charge in [-0.05, 0) is 0 Å². The first-order chi connectivity index (χ1) is 10.7. The molecular weight excluding hydrogens is 401 g/mol. The van der Waals surface area contributed by atoms with E-state index < -0.39 is 12.0 Å². The summed E-state index contributed by atoms with van der Waals surface area (Å²) in [5, 5.41) is 2.82. The Kier molecular flexibility index (Phi) is 5.87. The van der Waals surface area contributed by atoms with Crippen LogP contribution in [-0.4, -0.2) is 22.5 Å². The fraction of sp³-hybridized carbons (Fsp3) is 0.286. The Balaban J connectivity index is 2.34. The number of nitrogens with zero attached hydrogens (tertiary/aromatic N) is 2. The van der Waals surface area contributed by atoms with E-state index in [4.69, 9.17) is 7.80 Å². The standard InChI is InChI=1S/C14H15IN3O4/c1-3-21-14(19)13(18-8-12(17-20)16-9-18)10-4-6-11(7-5-10)22-15-2/h4-9,13H,3H2,1-2H3/q-1/p+1. The number of rotatable bonds is 7. The third-order valence-corrected chi connectivity index (χ3v) is 3.85.